The Morgan fingerprint density at radius 3 is 2.62 bits per heavy atom. The first kappa shape index (κ1) is 11.0. The monoisotopic (exact) mass is 235 g/mol. The van der Waals surface area contributed by atoms with Crippen LogP contribution in [0.2, 0.25) is 5.02 Å². The first-order chi connectivity index (χ1) is 7.66. The van der Waals surface area contributed by atoms with Crippen LogP contribution in [0.25, 0.3) is 0 Å². The molecule has 0 atom stereocenters. The quantitative estimate of drug-likeness (QED) is 0.790. The van der Waals surface area contributed by atoms with Gasteiger partial charge in [0.2, 0.25) is 0 Å². The van der Waals surface area contributed by atoms with Gasteiger partial charge in [-0.05, 0) is 35.7 Å². The van der Waals surface area contributed by atoms with Crippen LogP contribution in [0, 0.1) is 5.82 Å². The summed E-state index contributed by atoms with van der Waals surface area (Å²) in [6.45, 7) is 0. The van der Waals surface area contributed by atoms with Gasteiger partial charge in [-0.2, -0.15) is 0 Å². The van der Waals surface area contributed by atoms with Crippen molar-refractivity contribution in [3.8, 4) is 0 Å². The van der Waals surface area contributed by atoms with Crippen molar-refractivity contribution in [3.05, 3.63) is 64.4 Å². The third-order valence-corrected chi connectivity index (χ3v) is 2.76. The summed E-state index contributed by atoms with van der Waals surface area (Å²) in [5, 5.41) is 0.536. The number of nitrogens with two attached hydrogens (primary N) is 1. The topological polar surface area (TPSA) is 26.0 Å². The molecule has 0 fully saturated rings. The van der Waals surface area contributed by atoms with Crippen LogP contribution >= 0.6 is 11.6 Å². The minimum Gasteiger partial charge on any atom is -0.397 e. The lowest BCUT2D eigenvalue weighted by Gasteiger charge is -2.07. The van der Waals surface area contributed by atoms with E-state index in [-0.39, 0.29) is 5.82 Å². The largest absolute Gasteiger partial charge is 0.397 e. The van der Waals surface area contributed by atoms with Crippen molar-refractivity contribution in [2.75, 3.05) is 5.73 Å². The summed E-state index contributed by atoms with van der Waals surface area (Å²) in [6, 6.07) is 11.9. The Labute approximate surface area is 98.7 Å². The standard InChI is InChI=1S/C13H11ClFN/c14-12-6-2-4-10(13(12)16)7-9-3-1-5-11(15)8-9/h1-6,8H,7,16H2. The molecule has 2 aromatic carbocycles. The van der Waals surface area contributed by atoms with Crippen molar-refractivity contribution >= 4 is 17.3 Å². The Bertz CT molecular complexity index is 511. The lowest BCUT2D eigenvalue weighted by molar-refractivity contribution is 0.626. The van der Waals surface area contributed by atoms with E-state index in [1.54, 1.807) is 12.1 Å². The second-order valence-corrected chi connectivity index (χ2v) is 4.03. The maximum Gasteiger partial charge on any atom is 0.123 e. The molecule has 0 aliphatic heterocycles. The molecular weight excluding hydrogens is 225 g/mol. The van der Waals surface area contributed by atoms with Gasteiger partial charge in [0.25, 0.3) is 0 Å². The predicted molar refractivity (Wildman–Crippen MR) is 65.1 cm³/mol. The van der Waals surface area contributed by atoms with Gasteiger partial charge in [0, 0.05) is 0 Å². The number of para-hydroxylation sites is 1. The second-order valence-electron chi connectivity index (χ2n) is 3.62. The number of hydrogen-bond acceptors (Lipinski definition) is 1. The highest BCUT2D eigenvalue weighted by molar-refractivity contribution is 6.33. The molecule has 0 heterocycles. The predicted octanol–water partition coefficient (Wildman–Crippen LogP) is 3.65. The van der Waals surface area contributed by atoms with Crippen molar-refractivity contribution < 1.29 is 4.39 Å². The van der Waals surface area contributed by atoms with Crippen LogP contribution in [0.5, 0.6) is 0 Å². The zero-order valence-electron chi connectivity index (χ0n) is 8.58. The van der Waals surface area contributed by atoms with Crippen LogP contribution in [0.1, 0.15) is 11.1 Å². The van der Waals surface area contributed by atoms with Gasteiger partial charge in [-0.15, -0.1) is 0 Å². The average molecular weight is 236 g/mol. The fourth-order valence-corrected chi connectivity index (χ4v) is 1.80. The van der Waals surface area contributed by atoms with Crippen LogP contribution in [-0.4, -0.2) is 0 Å². The minimum absolute atomic E-state index is 0.238. The number of hydrogen-bond donors (Lipinski definition) is 1. The molecule has 0 spiro atoms. The second kappa shape index (κ2) is 4.54. The van der Waals surface area contributed by atoms with Gasteiger partial charge in [-0.1, -0.05) is 35.9 Å². The summed E-state index contributed by atoms with van der Waals surface area (Å²) in [5.74, 6) is -0.238. The maximum absolute atomic E-state index is 13.0. The highest BCUT2D eigenvalue weighted by Crippen LogP contribution is 2.24. The normalized spacial score (nSPS) is 10.4. The Balaban J connectivity index is 2.31. The Morgan fingerprint density at radius 1 is 1.12 bits per heavy atom. The smallest absolute Gasteiger partial charge is 0.123 e. The van der Waals surface area contributed by atoms with E-state index in [9.17, 15) is 4.39 Å². The minimum atomic E-state index is -0.238. The van der Waals surface area contributed by atoms with E-state index < -0.39 is 0 Å². The maximum atomic E-state index is 13.0. The highest BCUT2D eigenvalue weighted by atomic mass is 35.5. The van der Waals surface area contributed by atoms with Crippen molar-refractivity contribution in [2.45, 2.75) is 6.42 Å². The number of nitrogen functional groups attached to an aromatic ring is 1. The number of halogens is 2. The molecule has 1 nitrogen and oxygen atoms in total. The summed E-state index contributed by atoms with van der Waals surface area (Å²) < 4.78 is 13.0. The average Bonchev–Trinajstić information content (AvgIpc) is 2.25. The van der Waals surface area contributed by atoms with Crippen LogP contribution in [0.3, 0.4) is 0 Å². The third kappa shape index (κ3) is 2.34. The Kier molecular flexibility index (Phi) is 3.11. The molecule has 2 N–H and O–H groups in total. The van der Waals surface area contributed by atoms with E-state index >= 15 is 0 Å². The van der Waals surface area contributed by atoms with E-state index in [1.807, 2.05) is 18.2 Å². The molecule has 0 saturated carbocycles. The zero-order chi connectivity index (χ0) is 11.5. The molecule has 2 aromatic rings. The van der Waals surface area contributed by atoms with E-state index in [0.29, 0.717) is 17.1 Å². The van der Waals surface area contributed by atoms with Gasteiger partial charge in [-0.3, -0.25) is 0 Å². The van der Waals surface area contributed by atoms with Crippen molar-refractivity contribution in [1.82, 2.24) is 0 Å². The molecule has 0 bridgehead atoms. The fourth-order valence-electron chi connectivity index (χ4n) is 1.60. The van der Waals surface area contributed by atoms with Crippen LogP contribution in [-0.2, 0) is 6.42 Å². The summed E-state index contributed by atoms with van der Waals surface area (Å²) >= 11 is 5.91. The van der Waals surface area contributed by atoms with Gasteiger partial charge in [0.05, 0.1) is 10.7 Å². The Hall–Kier alpha value is -1.54. The van der Waals surface area contributed by atoms with E-state index in [2.05, 4.69) is 0 Å². The highest BCUT2D eigenvalue weighted by Gasteiger charge is 2.04. The summed E-state index contributed by atoms with van der Waals surface area (Å²) in [4.78, 5) is 0. The summed E-state index contributed by atoms with van der Waals surface area (Å²) in [5.41, 5.74) is 8.20. The molecule has 3 heteroatoms. The fraction of sp³-hybridized carbons (Fsp3) is 0.0769. The van der Waals surface area contributed by atoms with Crippen molar-refractivity contribution in [3.63, 3.8) is 0 Å². The van der Waals surface area contributed by atoms with Crippen LogP contribution in [0.4, 0.5) is 10.1 Å². The molecule has 0 saturated heterocycles. The SMILES string of the molecule is Nc1c(Cl)cccc1Cc1cccc(F)c1. The van der Waals surface area contributed by atoms with Crippen LogP contribution in [0.15, 0.2) is 42.5 Å². The number of anilines is 1. The van der Waals surface area contributed by atoms with Gasteiger partial charge >= 0.3 is 0 Å². The molecule has 0 amide bonds. The molecule has 0 radical (unpaired) electrons. The zero-order valence-corrected chi connectivity index (χ0v) is 9.34. The molecule has 16 heavy (non-hydrogen) atoms. The first-order valence-electron chi connectivity index (χ1n) is 4.94. The summed E-state index contributed by atoms with van der Waals surface area (Å²) in [6.07, 6.45) is 0.587. The van der Waals surface area contributed by atoms with Gasteiger partial charge in [-0.25, -0.2) is 4.39 Å². The molecule has 0 aliphatic carbocycles. The van der Waals surface area contributed by atoms with Crippen molar-refractivity contribution in [2.24, 2.45) is 0 Å². The molecule has 0 aromatic heterocycles. The van der Waals surface area contributed by atoms with E-state index in [4.69, 9.17) is 17.3 Å². The molecular formula is C13H11ClFN. The Morgan fingerprint density at radius 2 is 1.88 bits per heavy atom. The lowest BCUT2D eigenvalue weighted by Crippen LogP contribution is -1.96. The molecule has 0 aliphatic rings. The molecule has 0 unspecified atom stereocenters. The molecule has 2 rings (SSSR count). The number of benzene rings is 2. The van der Waals surface area contributed by atoms with Gasteiger partial charge in [0.1, 0.15) is 5.82 Å². The number of rotatable bonds is 2. The van der Waals surface area contributed by atoms with Gasteiger partial charge < -0.3 is 5.73 Å². The van der Waals surface area contributed by atoms with Gasteiger partial charge in [0.15, 0.2) is 0 Å². The van der Waals surface area contributed by atoms with E-state index in [1.165, 1.54) is 12.1 Å². The van der Waals surface area contributed by atoms with Crippen LogP contribution < -0.4 is 5.73 Å². The van der Waals surface area contributed by atoms with E-state index in [0.717, 1.165) is 11.1 Å². The summed E-state index contributed by atoms with van der Waals surface area (Å²) in [7, 11) is 0. The first-order valence-corrected chi connectivity index (χ1v) is 5.32. The lowest BCUT2D eigenvalue weighted by atomic mass is 10.0. The molecule has 82 valence electrons. The van der Waals surface area contributed by atoms with Crippen molar-refractivity contribution in [1.29, 1.82) is 0 Å². The third-order valence-electron chi connectivity index (χ3n) is 2.43.